The highest BCUT2D eigenvalue weighted by atomic mass is 15.2. The first kappa shape index (κ1) is 12.0. The minimum absolute atomic E-state index is 0.300. The zero-order valence-electron chi connectivity index (χ0n) is 10.3. The average molecular weight is 198 g/mol. The van der Waals surface area contributed by atoms with Gasteiger partial charge in [-0.05, 0) is 53.1 Å². The maximum atomic E-state index is 3.64. The fourth-order valence-corrected chi connectivity index (χ4v) is 1.86. The third kappa shape index (κ3) is 3.58. The van der Waals surface area contributed by atoms with Crippen molar-refractivity contribution >= 4 is 0 Å². The molecule has 0 aromatic rings. The van der Waals surface area contributed by atoms with Crippen LogP contribution in [0.2, 0.25) is 0 Å². The van der Waals surface area contributed by atoms with Crippen molar-refractivity contribution in [3.8, 4) is 0 Å². The highest BCUT2D eigenvalue weighted by molar-refractivity contribution is 4.80. The molecule has 0 radical (unpaired) electrons. The topological polar surface area (TPSA) is 15.3 Å². The molecule has 2 heteroatoms. The van der Waals surface area contributed by atoms with E-state index in [9.17, 15) is 0 Å². The Balaban J connectivity index is 2.23. The molecule has 1 N–H and O–H groups in total. The van der Waals surface area contributed by atoms with Crippen LogP contribution in [0.5, 0.6) is 0 Å². The molecule has 2 nitrogen and oxygen atoms in total. The maximum absolute atomic E-state index is 3.64. The molecule has 0 bridgehead atoms. The van der Waals surface area contributed by atoms with Crippen molar-refractivity contribution in [2.75, 3.05) is 19.6 Å². The standard InChI is InChI=1S/C12H26N2/c1-5-12(3,4)13-10-11(2)14-8-6-7-9-14/h11,13H,5-10H2,1-4H3. The van der Waals surface area contributed by atoms with E-state index in [4.69, 9.17) is 0 Å². The largest absolute Gasteiger partial charge is 0.310 e. The van der Waals surface area contributed by atoms with E-state index in [0.717, 1.165) is 6.54 Å². The number of hydrogen-bond donors (Lipinski definition) is 1. The second kappa shape index (κ2) is 5.13. The van der Waals surface area contributed by atoms with Crippen molar-refractivity contribution in [1.29, 1.82) is 0 Å². The predicted molar refractivity (Wildman–Crippen MR) is 62.6 cm³/mol. The molecule has 14 heavy (non-hydrogen) atoms. The minimum Gasteiger partial charge on any atom is -0.310 e. The molecule has 1 saturated heterocycles. The average Bonchev–Trinajstić information content (AvgIpc) is 2.67. The molecule has 0 aliphatic carbocycles. The molecule has 1 heterocycles. The van der Waals surface area contributed by atoms with Crippen molar-refractivity contribution in [3.63, 3.8) is 0 Å². The third-order valence-electron chi connectivity index (χ3n) is 3.52. The van der Waals surface area contributed by atoms with E-state index in [1.54, 1.807) is 0 Å². The Morgan fingerprint density at radius 2 is 1.86 bits per heavy atom. The monoisotopic (exact) mass is 198 g/mol. The Labute approximate surface area is 89.1 Å². The number of likely N-dealkylation sites (tertiary alicyclic amines) is 1. The van der Waals surface area contributed by atoms with Gasteiger partial charge in [-0.3, -0.25) is 4.90 Å². The molecular formula is C12H26N2. The van der Waals surface area contributed by atoms with E-state index < -0.39 is 0 Å². The first-order chi connectivity index (χ1) is 6.55. The van der Waals surface area contributed by atoms with E-state index >= 15 is 0 Å². The summed E-state index contributed by atoms with van der Waals surface area (Å²) in [6, 6.07) is 0.698. The van der Waals surface area contributed by atoms with Crippen LogP contribution < -0.4 is 5.32 Å². The van der Waals surface area contributed by atoms with Crippen molar-refractivity contribution in [2.24, 2.45) is 0 Å². The van der Waals surface area contributed by atoms with Gasteiger partial charge in [0.05, 0.1) is 0 Å². The summed E-state index contributed by atoms with van der Waals surface area (Å²) in [6.45, 7) is 12.9. The lowest BCUT2D eigenvalue weighted by atomic mass is 10.0. The Bertz CT molecular complexity index is 160. The normalized spacial score (nSPS) is 21.4. The van der Waals surface area contributed by atoms with Crippen molar-refractivity contribution in [2.45, 2.75) is 58.5 Å². The Morgan fingerprint density at radius 3 is 2.36 bits per heavy atom. The van der Waals surface area contributed by atoms with Gasteiger partial charge in [0.15, 0.2) is 0 Å². The summed E-state index contributed by atoms with van der Waals surface area (Å²) in [5.74, 6) is 0. The van der Waals surface area contributed by atoms with Gasteiger partial charge in [0.2, 0.25) is 0 Å². The van der Waals surface area contributed by atoms with Crippen LogP contribution >= 0.6 is 0 Å². The molecule has 0 aromatic heterocycles. The fourth-order valence-electron chi connectivity index (χ4n) is 1.86. The lowest BCUT2D eigenvalue weighted by Crippen LogP contribution is -2.46. The molecule has 1 atom stereocenters. The quantitative estimate of drug-likeness (QED) is 0.729. The van der Waals surface area contributed by atoms with Gasteiger partial charge in [0.25, 0.3) is 0 Å². The first-order valence-electron chi connectivity index (χ1n) is 6.04. The van der Waals surface area contributed by atoms with Gasteiger partial charge < -0.3 is 5.32 Å². The second-order valence-corrected chi connectivity index (χ2v) is 5.21. The molecule has 0 spiro atoms. The van der Waals surface area contributed by atoms with Gasteiger partial charge in [0, 0.05) is 18.1 Å². The van der Waals surface area contributed by atoms with Gasteiger partial charge in [-0.15, -0.1) is 0 Å². The molecule has 1 fully saturated rings. The zero-order chi connectivity index (χ0) is 10.6. The molecule has 1 rings (SSSR count). The number of hydrogen-bond acceptors (Lipinski definition) is 2. The molecule has 1 aliphatic rings. The van der Waals surface area contributed by atoms with Gasteiger partial charge in [-0.25, -0.2) is 0 Å². The van der Waals surface area contributed by atoms with E-state index in [2.05, 4.69) is 37.9 Å². The van der Waals surface area contributed by atoms with E-state index in [0.29, 0.717) is 11.6 Å². The number of nitrogens with zero attached hydrogens (tertiary/aromatic N) is 1. The maximum Gasteiger partial charge on any atom is 0.0192 e. The molecule has 0 saturated carbocycles. The summed E-state index contributed by atoms with van der Waals surface area (Å²) in [6.07, 6.45) is 3.97. The van der Waals surface area contributed by atoms with Gasteiger partial charge in [-0.2, -0.15) is 0 Å². The fraction of sp³-hybridized carbons (Fsp3) is 1.00. The third-order valence-corrected chi connectivity index (χ3v) is 3.52. The molecule has 84 valence electrons. The number of nitrogens with one attached hydrogen (secondary N) is 1. The van der Waals surface area contributed by atoms with Gasteiger partial charge in [-0.1, -0.05) is 6.92 Å². The van der Waals surface area contributed by atoms with Crippen LogP contribution in [0.3, 0.4) is 0 Å². The summed E-state index contributed by atoms with van der Waals surface area (Å²) in [5, 5.41) is 3.64. The van der Waals surface area contributed by atoms with Crippen molar-refractivity contribution < 1.29 is 0 Å². The van der Waals surface area contributed by atoms with Crippen LogP contribution in [0.15, 0.2) is 0 Å². The number of rotatable bonds is 5. The Hall–Kier alpha value is -0.0800. The smallest absolute Gasteiger partial charge is 0.0192 e. The first-order valence-corrected chi connectivity index (χ1v) is 6.04. The van der Waals surface area contributed by atoms with E-state index in [1.165, 1.54) is 32.4 Å². The lowest BCUT2D eigenvalue weighted by molar-refractivity contribution is 0.230. The second-order valence-electron chi connectivity index (χ2n) is 5.21. The van der Waals surface area contributed by atoms with Crippen molar-refractivity contribution in [3.05, 3.63) is 0 Å². The minimum atomic E-state index is 0.300. The zero-order valence-corrected chi connectivity index (χ0v) is 10.3. The summed E-state index contributed by atoms with van der Waals surface area (Å²) in [7, 11) is 0. The summed E-state index contributed by atoms with van der Waals surface area (Å²) >= 11 is 0. The van der Waals surface area contributed by atoms with E-state index in [1.807, 2.05) is 0 Å². The van der Waals surface area contributed by atoms with Crippen LogP contribution in [-0.4, -0.2) is 36.1 Å². The lowest BCUT2D eigenvalue weighted by Gasteiger charge is -2.30. The highest BCUT2D eigenvalue weighted by Gasteiger charge is 2.20. The van der Waals surface area contributed by atoms with Gasteiger partial charge >= 0.3 is 0 Å². The molecule has 1 unspecified atom stereocenters. The molecular weight excluding hydrogens is 172 g/mol. The van der Waals surface area contributed by atoms with Crippen molar-refractivity contribution in [1.82, 2.24) is 10.2 Å². The van der Waals surface area contributed by atoms with E-state index in [-0.39, 0.29) is 0 Å². The van der Waals surface area contributed by atoms with Crippen LogP contribution in [0.1, 0.15) is 47.0 Å². The molecule has 1 aliphatic heterocycles. The Morgan fingerprint density at radius 1 is 1.29 bits per heavy atom. The predicted octanol–water partition coefficient (Wildman–Crippen LogP) is 2.25. The highest BCUT2D eigenvalue weighted by Crippen LogP contribution is 2.12. The van der Waals surface area contributed by atoms with Crippen LogP contribution in [0.4, 0.5) is 0 Å². The van der Waals surface area contributed by atoms with Crippen LogP contribution in [0.25, 0.3) is 0 Å². The Kier molecular flexibility index (Phi) is 4.39. The molecule has 0 aromatic carbocycles. The van der Waals surface area contributed by atoms with Crippen LogP contribution in [-0.2, 0) is 0 Å². The summed E-state index contributed by atoms with van der Waals surface area (Å²) < 4.78 is 0. The van der Waals surface area contributed by atoms with Crippen LogP contribution in [0, 0.1) is 0 Å². The summed E-state index contributed by atoms with van der Waals surface area (Å²) in [5.41, 5.74) is 0.300. The van der Waals surface area contributed by atoms with Gasteiger partial charge in [0.1, 0.15) is 0 Å². The molecule has 0 amide bonds. The SMILES string of the molecule is CCC(C)(C)NCC(C)N1CCCC1. The summed E-state index contributed by atoms with van der Waals surface area (Å²) in [4.78, 5) is 2.60.